The molecule has 0 aromatic rings. The van der Waals surface area contributed by atoms with Gasteiger partial charge in [0.1, 0.15) is 6.10 Å². The predicted octanol–water partition coefficient (Wildman–Crippen LogP) is 4.47. The molecule has 23 heavy (non-hydrogen) atoms. The van der Waals surface area contributed by atoms with Gasteiger partial charge in [0.2, 0.25) is 0 Å². The Morgan fingerprint density at radius 1 is 1.22 bits per heavy atom. The summed E-state index contributed by atoms with van der Waals surface area (Å²) in [4.78, 5) is 11.9. The smallest absolute Gasteiger partial charge is 0.334 e. The quantitative estimate of drug-likeness (QED) is 0.407. The van der Waals surface area contributed by atoms with Crippen molar-refractivity contribution in [2.75, 3.05) is 0 Å². The summed E-state index contributed by atoms with van der Waals surface area (Å²) >= 11 is 0. The van der Waals surface area contributed by atoms with Crippen LogP contribution in [0, 0.1) is 5.92 Å². The van der Waals surface area contributed by atoms with Gasteiger partial charge in [0.15, 0.2) is 0 Å². The van der Waals surface area contributed by atoms with Crippen molar-refractivity contribution in [2.45, 2.75) is 77.4 Å². The lowest BCUT2D eigenvalue weighted by Gasteiger charge is -2.28. The monoisotopic (exact) mass is 318 g/mol. The molecule has 0 aromatic carbocycles. The van der Waals surface area contributed by atoms with Crippen LogP contribution in [0.25, 0.3) is 0 Å². The first-order valence-corrected chi connectivity index (χ1v) is 8.72. The number of carbonyl (C=O) groups is 1. The fraction of sp³-hybridized carbons (Fsp3) is 0.650. The first-order chi connectivity index (χ1) is 10.8. The second kappa shape index (κ2) is 7.48. The summed E-state index contributed by atoms with van der Waals surface area (Å²) in [7, 11) is 0. The Bertz CT molecular complexity index is 525. The van der Waals surface area contributed by atoms with Gasteiger partial charge in [-0.3, -0.25) is 0 Å². The van der Waals surface area contributed by atoms with Crippen molar-refractivity contribution in [3.63, 3.8) is 0 Å². The maximum absolute atomic E-state index is 11.9. The number of allylic oxidation sites excluding steroid dienone is 4. The molecule has 1 aliphatic heterocycles. The molecule has 0 spiro atoms. The minimum absolute atomic E-state index is 0.0255. The molecule has 2 rings (SSSR count). The molecule has 128 valence electrons. The van der Waals surface area contributed by atoms with Crippen LogP contribution < -0.4 is 0 Å². The maximum Gasteiger partial charge on any atom is 0.334 e. The molecule has 1 heterocycles. The van der Waals surface area contributed by atoms with E-state index in [0.717, 1.165) is 32.1 Å². The average molecular weight is 318 g/mol. The summed E-state index contributed by atoms with van der Waals surface area (Å²) in [6.07, 6.45) is 10.2. The second-order valence-electron chi connectivity index (χ2n) is 7.49. The van der Waals surface area contributed by atoms with Gasteiger partial charge >= 0.3 is 5.97 Å². The van der Waals surface area contributed by atoms with Crippen LogP contribution in [-0.4, -0.2) is 22.8 Å². The van der Waals surface area contributed by atoms with Crippen molar-refractivity contribution in [3.05, 3.63) is 35.5 Å². The topological polar surface area (TPSA) is 46.5 Å². The maximum atomic E-state index is 11.9. The number of fused-ring (bicyclic) bond motifs is 1. The molecule has 0 bridgehead atoms. The summed E-state index contributed by atoms with van der Waals surface area (Å²) in [6, 6.07) is 0. The minimum Gasteiger partial charge on any atom is -0.458 e. The standard InChI is InChI=1S/C20H30O3/c1-14-7-5-8-15(2)10-11-17-16(3)19(21)23-18(17)13-20(4,22)12-6-9-14/h8-9,17-18,22H,3,5-7,10-13H2,1-2,4H3/b14-9+,15-8+/t17-,18+,20-/m1/s1. The third-order valence-corrected chi connectivity index (χ3v) is 5.11. The van der Waals surface area contributed by atoms with E-state index in [-0.39, 0.29) is 18.0 Å². The van der Waals surface area contributed by atoms with Gasteiger partial charge in [-0.1, -0.05) is 29.9 Å². The van der Waals surface area contributed by atoms with E-state index in [1.807, 2.05) is 6.92 Å². The van der Waals surface area contributed by atoms with Gasteiger partial charge in [-0.05, 0) is 59.3 Å². The van der Waals surface area contributed by atoms with E-state index in [4.69, 9.17) is 4.74 Å². The molecule has 0 saturated carbocycles. The van der Waals surface area contributed by atoms with Gasteiger partial charge in [0.25, 0.3) is 0 Å². The fourth-order valence-corrected chi connectivity index (χ4v) is 3.51. The summed E-state index contributed by atoms with van der Waals surface area (Å²) in [6.45, 7) is 10.1. The van der Waals surface area contributed by atoms with Crippen LogP contribution in [0.3, 0.4) is 0 Å². The summed E-state index contributed by atoms with van der Waals surface area (Å²) in [5, 5.41) is 10.7. The Hall–Kier alpha value is -1.35. The van der Waals surface area contributed by atoms with Crippen LogP contribution in [0.5, 0.6) is 0 Å². The molecule has 1 N–H and O–H groups in total. The van der Waals surface area contributed by atoms with Gasteiger partial charge in [0.05, 0.1) is 5.60 Å². The van der Waals surface area contributed by atoms with Crippen molar-refractivity contribution < 1.29 is 14.6 Å². The molecule has 1 saturated heterocycles. The summed E-state index contributed by atoms with van der Waals surface area (Å²) in [5.74, 6) is -0.268. The predicted molar refractivity (Wildman–Crippen MR) is 93.0 cm³/mol. The SMILES string of the molecule is C=C1C(=O)O[C@H]2C[C@](C)(O)CC/C=C(\C)CC/C=C(\C)CC[C@H]12. The van der Waals surface area contributed by atoms with E-state index >= 15 is 0 Å². The molecule has 0 aromatic heterocycles. The molecule has 0 unspecified atom stereocenters. The molecule has 2 aliphatic rings. The Labute approximate surface area is 140 Å². The Morgan fingerprint density at radius 3 is 2.61 bits per heavy atom. The molecule has 3 nitrogen and oxygen atoms in total. The highest BCUT2D eigenvalue weighted by Gasteiger charge is 2.41. The zero-order chi connectivity index (χ0) is 17.0. The Morgan fingerprint density at radius 2 is 1.87 bits per heavy atom. The number of hydrogen-bond donors (Lipinski definition) is 1. The van der Waals surface area contributed by atoms with Gasteiger partial charge in [-0.2, -0.15) is 0 Å². The van der Waals surface area contributed by atoms with Crippen molar-refractivity contribution in [1.29, 1.82) is 0 Å². The zero-order valence-corrected chi connectivity index (χ0v) is 14.7. The first-order valence-electron chi connectivity index (χ1n) is 8.72. The number of carbonyl (C=O) groups excluding carboxylic acids is 1. The van der Waals surface area contributed by atoms with Crippen molar-refractivity contribution in [3.8, 4) is 0 Å². The van der Waals surface area contributed by atoms with E-state index in [0.29, 0.717) is 18.4 Å². The van der Waals surface area contributed by atoms with Crippen LogP contribution in [-0.2, 0) is 9.53 Å². The van der Waals surface area contributed by atoms with Gasteiger partial charge < -0.3 is 9.84 Å². The molecule has 0 radical (unpaired) electrons. The normalized spacial score (nSPS) is 38.6. The zero-order valence-electron chi connectivity index (χ0n) is 14.7. The second-order valence-corrected chi connectivity index (χ2v) is 7.49. The first kappa shape index (κ1) is 18.0. The largest absolute Gasteiger partial charge is 0.458 e. The third kappa shape index (κ3) is 5.07. The summed E-state index contributed by atoms with van der Waals surface area (Å²) < 4.78 is 5.50. The molecule has 3 atom stereocenters. The van der Waals surface area contributed by atoms with Gasteiger partial charge in [0, 0.05) is 17.9 Å². The van der Waals surface area contributed by atoms with Crippen molar-refractivity contribution >= 4 is 5.97 Å². The summed E-state index contributed by atoms with van der Waals surface area (Å²) in [5.41, 5.74) is 2.48. The number of ether oxygens (including phenoxy) is 1. The highest BCUT2D eigenvalue weighted by atomic mass is 16.6. The van der Waals surface area contributed by atoms with Gasteiger partial charge in [-0.15, -0.1) is 0 Å². The van der Waals surface area contributed by atoms with Crippen LogP contribution in [0.1, 0.15) is 65.7 Å². The highest BCUT2D eigenvalue weighted by Crippen LogP contribution is 2.37. The van der Waals surface area contributed by atoms with E-state index in [1.165, 1.54) is 11.1 Å². The van der Waals surface area contributed by atoms with Crippen molar-refractivity contribution in [2.24, 2.45) is 5.92 Å². The Kier molecular flexibility index (Phi) is 5.85. The van der Waals surface area contributed by atoms with E-state index in [1.54, 1.807) is 0 Å². The van der Waals surface area contributed by atoms with E-state index < -0.39 is 5.60 Å². The van der Waals surface area contributed by atoms with E-state index in [2.05, 4.69) is 32.6 Å². The van der Waals surface area contributed by atoms with E-state index in [9.17, 15) is 9.90 Å². The highest BCUT2D eigenvalue weighted by molar-refractivity contribution is 5.90. The number of rotatable bonds is 0. The van der Waals surface area contributed by atoms with Crippen molar-refractivity contribution in [1.82, 2.24) is 0 Å². The number of esters is 1. The van der Waals surface area contributed by atoms with Crippen LogP contribution >= 0.6 is 0 Å². The third-order valence-electron chi connectivity index (χ3n) is 5.11. The van der Waals surface area contributed by atoms with Crippen LogP contribution in [0.2, 0.25) is 0 Å². The fourth-order valence-electron chi connectivity index (χ4n) is 3.51. The molecular formula is C20H30O3. The molecule has 1 aliphatic carbocycles. The number of hydrogen-bond acceptors (Lipinski definition) is 3. The average Bonchev–Trinajstić information content (AvgIpc) is 2.70. The van der Waals surface area contributed by atoms with Crippen LogP contribution in [0.4, 0.5) is 0 Å². The lowest BCUT2D eigenvalue weighted by Crippen LogP contribution is -2.32. The number of aliphatic hydroxyl groups is 1. The molecule has 1 fully saturated rings. The van der Waals surface area contributed by atoms with Crippen LogP contribution in [0.15, 0.2) is 35.5 Å². The minimum atomic E-state index is -0.820. The Balaban J connectivity index is 2.18. The molecule has 0 amide bonds. The van der Waals surface area contributed by atoms with Gasteiger partial charge in [-0.25, -0.2) is 4.79 Å². The lowest BCUT2D eigenvalue weighted by atomic mass is 9.83. The molecular weight excluding hydrogens is 288 g/mol. The molecule has 3 heteroatoms. The lowest BCUT2D eigenvalue weighted by molar-refractivity contribution is -0.141.